The van der Waals surface area contributed by atoms with E-state index in [1.165, 1.54) is 0 Å². The minimum Gasteiger partial charge on any atom is -0.369 e. The van der Waals surface area contributed by atoms with E-state index in [9.17, 15) is 4.79 Å². The van der Waals surface area contributed by atoms with Gasteiger partial charge in [-0.15, -0.1) is 0 Å². The first kappa shape index (κ1) is 20.6. The highest BCUT2D eigenvalue weighted by molar-refractivity contribution is 5.86. The van der Waals surface area contributed by atoms with Crippen LogP contribution in [-0.2, 0) is 4.79 Å². The van der Waals surface area contributed by atoms with Crippen molar-refractivity contribution in [3.63, 3.8) is 0 Å². The molecule has 0 spiro atoms. The number of nitrogens with zero attached hydrogens (tertiary/aromatic N) is 4. The van der Waals surface area contributed by atoms with Gasteiger partial charge in [0.2, 0.25) is 5.91 Å². The monoisotopic (exact) mass is 397 g/mol. The number of aromatic nitrogens is 2. The lowest BCUT2D eigenvalue weighted by Gasteiger charge is -2.29. The summed E-state index contributed by atoms with van der Waals surface area (Å²) in [5.74, 6) is 0.447. The number of hydrogen-bond donors (Lipinski definition) is 3. The maximum Gasteiger partial charge on any atom is 0.243 e. The topological polar surface area (TPSA) is 119 Å². The Morgan fingerprint density at radius 1 is 1.28 bits per heavy atom. The van der Waals surface area contributed by atoms with Crippen molar-refractivity contribution in [2.45, 2.75) is 26.3 Å². The van der Waals surface area contributed by atoms with Gasteiger partial charge in [0, 0.05) is 37.4 Å². The molecule has 1 aromatic heterocycles. The molecular weight excluding hydrogens is 370 g/mol. The van der Waals surface area contributed by atoms with Crippen LogP contribution in [0.4, 0.5) is 11.5 Å². The second-order valence-corrected chi connectivity index (χ2v) is 7.45. The predicted octanol–water partition coefficient (Wildman–Crippen LogP) is 1.61. The second kappa shape index (κ2) is 9.89. The van der Waals surface area contributed by atoms with Crippen LogP contribution in [0.5, 0.6) is 0 Å². The molecular formula is C20H27N7O2. The molecule has 2 heterocycles. The fourth-order valence-corrected chi connectivity index (χ4v) is 3.34. The van der Waals surface area contributed by atoms with Gasteiger partial charge in [0.05, 0.1) is 6.07 Å². The molecule has 1 aliphatic heterocycles. The van der Waals surface area contributed by atoms with Crippen molar-refractivity contribution >= 4 is 17.4 Å². The molecule has 1 aliphatic rings. The number of nitriles is 1. The van der Waals surface area contributed by atoms with Crippen LogP contribution in [0.1, 0.15) is 20.3 Å². The fraction of sp³-hybridized carbons (Fsp3) is 0.500. The number of nitrogens with one attached hydrogen (secondary N) is 3. The van der Waals surface area contributed by atoms with Gasteiger partial charge >= 0.3 is 0 Å². The number of carbonyl (C=O) groups excluding carboxylic acids is 1. The third-order valence-corrected chi connectivity index (χ3v) is 4.79. The van der Waals surface area contributed by atoms with Crippen molar-refractivity contribution in [2.24, 2.45) is 5.92 Å². The molecule has 9 nitrogen and oxygen atoms in total. The molecule has 0 radical (unpaired) electrons. The summed E-state index contributed by atoms with van der Waals surface area (Å²) in [6.07, 6.45) is 0.589. The summed E-state index contributed by atoms with van der Waals surface area (Å²) in [6, 6.07) is 9.47. The summed E-state index contributed by atoms with van der Waals surface area (Å²) in [6.45, 7) is 7.94. The van der Waals surface area contributed by atoms with Gasteiger partial charge in [-0.3, -0.25) is 4.79 Å². The van der Waals surface area contributed by atoms with Crippen LogP contribution < -0.4 is 20.9 Å². The number of amides is 1. The van der Waals surface area contributed by atoms with Crippen LogP contribution >= 0.6 is 0 Å². The van der Waals surface area contributed by atoms with Crippen LogP contribution in [0.2, 0.25) is 0 Å². The summed E-state index contributed by atoms with van der Waals surface area (Å²) < 4.78 is 4.95. The number of hydrogen-bond acceptors (Lipinski definition) is 8. The lowest BCUT2D eigenvalue weighted by atomic mass is 10.0. The number of piperazine rings is 1. The predicted molar refractivity (Wildman–Crippen MR) is 110 cm³/mol. The lowest BCUT2D eigenvalue weighted by molar-refractivity contribution is -0.121. The third kappa shape index (κ3) is 5.45. The van der Waals surface area contributed by atoms with Gasteiger partial charge in [-0.2, -0.15) is 5.26 Å². The van der Waals surface area contributed by atoms with E-state index in [0.29, 0.717) is 17.9 Å². The number of anilines is 2. The molecule has 2 aromatic rings. The average Bonchev–Trinajstić information content (AvgIpc) is 3.20. The first-order valence-corrected chi connectivity index (χ1v) is 9.88. The van der Waals surface area contributed by atoms with Gasteiger partial charge in [0.15, 0.2) is 11.5 Å². The minimum absolute atomic E-state index is 0.0352. The Kier molecular flexibility index (Phi) is 7.03. The van der Waals surface area contributed by atoms with Crippen LogP contribution in [0.15, 0.2) is 28.9 Å². The van der Waals surface area contributed by atoms with Crippen molar-refractivity contribution in [1.82, 2.24) is 20.9 Å². The Morgan fingerprint density at radius 3 is 2.66 bits per heavy atom. The molecule has 1 fully saturated rings. The molecule has 154 valence electrons. The van der Waals surface area contributed by atoms with E-state index in [2.05, 4.69) is 43.3 Å². The minimum atomic E-state index is -0.533. The molecule has 1 atom stereocenters. The summed E-state index contributed by atoms with van der Waals surface area (Å²) in [5.41, 5.74) is 2.57. The van der Waals surface area contributed by atoms with E-state index in [0.717, 1.165) is 37.4 Å². The zero-order valence-corrected chi connectivity index (χ0v) is 16.8. The molecule has 0 bridgehead atoms. The van der Waals surface area contributed by atoms with Crippen molar-refractivity contribution in [3.8, 4) is 17.3 Å². The summed E-state index contributed by atoms with van der Waals surface area (Å²) >= 11 is 0. The largest absolute Gasteiger partial charge is 0.369 e. The zero-order chi connectivity index (χ0) is 20.6. The summed E-state index contributed by atoms with van der Waals surface area (Å²) in [4.78, 5) is 14.7. The highest BCUT2D eigenvalue weighted by atomic mass is 16.6. The molecule has 29 heavy (non-hydrogen) atoms. The van der Waals surface area contributed by atoms with Gasteiger partial charge in [-0.1, -0.05) is 26.0 Å². The highest BCUT2D eigenvalue weighted by Gasteiger charge is 2.23. The Hall–Kier alpha value is -3.12. The molecule has 1 saturated heterocycles. The lowest BCUT2D eigenvalue weighted by Crippen LogP contribution is -2.43. The highest BCUT2D eigenvalue weighted by Crippen LogP contribution is 2.28. The number of carbonyl (C=O) groups is 1. The van der Waals surface area contributed by atoms with Gasteiger partial charge < -0.3 is 20.9 Å². The van der Waals surface area contributed by atoms with Crippen molar-refractivity contribution in [3.05, 3.63) is 24.3 Å². The summed E-state index contributed by atoms with van der Waals surface area (Å²) in [7, 11) is 0. The maximum absolute atomic E-state index is 12.4. The first-order valence-electron chi connectivity index (χ1n) is 9.88. The molecule has 1 amide bonds. The standard InChI is InChI=1S/C20H27N7O2/c1-14(2)13-17(20(28)23-8-7-21)24-19-18(25-29-26-19)15-3-5-16(6-4-15)27-11-9-22-10-12-27/h3-6,14,17,22H,8-13H2,1-2H3,(H,23,28)(H,24,26). The Balaban J connectivity index is 1.75. The summed E-state index contributed by atoms with van der Waals surface area (Å²) in [5, 5.41) is 25.8. The van der Waals surface area contributed by atoms with Crippen molar-refractivity contribution in [1.29, 1.82) is 5.26 Å². The normalized spacial score (nSPS) is 15.0. The average molecular weight is 397 g/mol. The second-order valence-electron chi connectivity index (χ2n) is 7.45. The third-order valence-electron chi connectivity index (χ3n) is 4.79. The molecule has 0 saturated carbocycles. The van der Waals surface area contributed by atoms with Crippen LogP contribution in [0, 0.1) is 17.2 Å². The fourth-order valence-electron chi connectivity index (χ4n) is 3.34. The quantitative estimate of drug-likeness (QED) is 0.575. The molecule has 0 aliphatic carbocycles. The van der Waals surface area contributed by atoms with E-state index >= 15 is 0 Å². The zero-order valence-electron chi connectivity index (χ0n) is 16.8. The number of benzene rings is 1. The van der Waals surface area contributed by atoms with E-state index < -0.39 is 6.04 Å². The Morgan fingerprint density at radius 2 is 2.00 bits per heavy atom. The van der Waals surface area contributed by atoms with E-state index in [-0.39, 0.29) is 18.4 Å². The molecule has 9 heteroatoms. The van der Waals surface area contributed by atoms with Crippen molar-refractivity contribution < 1.29 is 9.42 Å². The number of rotatable bonds is 8. The molecule has 1 aromatic carbocycles. The van der Waals surface area contributed by atoms with Gasteiger partial charge in [-0.05, 0) is 34.8 Å². The molecule has 3 rings (SSSR count). The van der Waals surface area contributed by atoms with Crippen LogP contribution in [0.25, 0.3) is 11.3 Å². The van der Waals surface area contributed by atoms with Crippen molar-refractivity contribution in [2.75, 3.05) is 42.9 Å². The maximum atomic E-state index is 12.4. The van der Waals surface area contributed by atoms with Gasteiger partial charge in [0.25, 0.3) is 0 Å². The molecule has 3 N–H and O–H groups in total. The smallest absolute Gasteiger partial charge is 0.243 e. The SMILES string of the molecule is CC(C)CC(Nc1nonc1-c1ccc(N2CCNCC2)cc1)C(=O)NCC#N. The van der Waals surface area contributed by atoms with Gasteiger partial charge in [-0.25, -0.2) is 4.63 Å². The first-order chi connectivity index (χ1) is 14.1. The van der Waals surface area contributed by atoms with E-state index in [1.807, 2.05) is 32.0 Å². The van der Waals surface area contributed by atoms with E-state index in [4.69, 9.17) is 9.89 Å². The van der Waals surface area contributed by atoms with Crippen LogP contribution in [0.3, 0.4) is 0 Å². The Bertz CT molecular complexity index is 835. The van der Waals surface area contributed by atoms with E-state index in [1.54, 1.807) is 0 Å². The van der Waals surface area contributed by atoms with Crippen LogP contribution in [-0.4, -0.2) is 55.0 Å². The molecule has 1 unspecified atom stereocenters. The Labute approximate surface area is 170 Å². The van der Waals surface area contributed by atoms with Gasteiger partial charge in [0.1, 0.15) is 12.6 Å².